The van der Waals surface area contributed by atoms with Crippen molar-refractivity contribution in [1.82, 2.24) is 5.32 Å². The molecule has 2 atom stereocenters. The summed E-state index contributed by atoms with van der Waals surface area (Å²) in [5, 5.41) is 2.96. The van der Waals surface area contributed by atoms with Crippen molar-refractivity contribution in [1.29, 1.82) is 0 Å². The summed E-state index contributed by atoms with van der Waals surface area (Å²) < 4.78 is 51.1. The van der Waals surface area contributed by atoms with Crippen LogP contribution in [-0.4, -0.2) is 18.8 Å². The number of hydrogen-bond acceptors (Lipinski definition) is 1. The van der Waals surface area contributed by atoms with E-state index in [0.29, 0.717) is 19.5 Å². The Morgan fingerprint density at radius 3 is 2.33 bits per heavy atom. The Labute approximate surface area is 103 Å². The summed E-state index contributed by atoms with van der Waals surface area (Å²) in [6, 6.07) is 4.95. The molecule has 1 nitrogen and oxygen atoms in total. The Hall–Kier alpha value is -1.10. The Kier molecular flexibility index (Phi) is 3.36. The molecule has 1 aliphatic rings. The second kappa shape index (κ2) is 4.53. The van der Waals surface area contributed by atoms with E-state index in [9.17, 15) is 17.6 Å². The number of alkyl halides is 4. The maximum atomic E-state index is 14.0. The first-order chi connectivity index (χ1) is 8.29. The van der Waals surface area contributed by atoms with E-state index in [2.05, 4.69) is 5.32 Å². The fourth-order valence-corrected chi connectivity index (χ4v) is 2.25. The smallest absolute Gasteiger partial charge is 0.313 e. The molecule has 5 heteroatoms. The van der Waals surface area contributed by atoms with Gasteiger partial charge in [-0.3, -0.25) is 0 Å². The van der Waals surface area contributed by atoms with Crippen molar-refractivity contribution in [3.05, 3.63) is 35.4 Å². The van der Waals surface area contributed by atoms with E-state index in [4.69, 9.17) is 0 Å². The van der Waals surface area contributed by atoms with Gasteiger partial charge in [-0.25, -0.2) is 4.39 Å². The molecule has 0 radical (unpaired) electrons. The lowest BCUT2D eigenvalue weighted by Gasteiger charge is -2.21. The first kappa shape index (κ1) is 13.3. The minimum absolute atomic E-state index is 0.186. The van der Waals surface area contributed by atoms with Crippen LogP contribution in [0.1, 0.15) is 18.1 Å². The maximum absolute atomic E-state index is 14.0. The third kappa shape index (κ3) is 2.83. The van der Waals surface area contributed by atoms with Crippen LogP contribution < -0.4 is 5.32 Å². The van der Waals surface area contributed by atoms with Gasteiger partial charge in [0.1, 0.15) is 5.67 Å². The summed E-state index contributed by atoms with van der Waals surface area (Å²) in [5.41, 5.74) is -1.22. The fourth-order valence-electron chi connectivity index (χ4n) is 2.25. The third-order valence-electron chi connectivity index (χ3n) is 3.48. The molecule has 1 aromatic rings. The van der Waals surface area contributed by atoms with Gasteiger partial charge in [0.15, 0.2) is 0 Å². The molecule has 1 aliphatic heterocycles. The van der Waals surface area contributed by atoms with Crippen LogP contribution in [0.25, 0.3) is 0 Å². The molecule has 0 amide bonds. The van der Waals surface area contributed by atoms with Crippen LogP contribution in [0.4, 0.5) is 17.6 Å². The molecule has 0 bridgehead atoms. The van der Waals surface area contributed by atoms with E-state index in [1.54, 1.807) is 0 Å². The Morgan fingerprint density at radius 2 is 1.89 bits per heavy atom. The highest BCUT2D eigenvalue weighted by Crippen LogP contribution is 2.31. The van der Waals surface area contributed by atoms with Gasteiger partial charge in [0.25, 0.3) is 0 Å². The fraction of sp³-hybridized carbons (Fsp3) is 0.538. The average molecular weight is 261 g/mol. The second-order valence-electron chi connectivity index (χ2n) is 5.00. The average Bonchev–Trinajstić information content (AvgIpc) is 2.58. The van der Waals surface area contributed by atoms with Crippen molar-refractivity contribution in [3.8, 4) is 0 Å². The summed E-state index contributed by atoms with van der Waals surface area (Å²) in [4.78, 5) is 0. The van der Waals surface area contributed by atoms with E-state index >= 15 is 0 Å². The zero-order valence-electron chi connectivity index (χ0n) is 10.0. The highest BCUT2D eigenvalue weighted by atomic mass is 19.4. The van der Waals surface area contributed by atoms with Gasteiger partial charge in [-0.2, -0.15) is 13.2 Å². The van der Waals surface area contributed by atoms with Crippen molar-refractivity contribution in [2.45, 2.75) is 25.2 Å². The van der Waals surface area contributed by atoms with Crippen molar-refractivity contribution < 1.29 is 17.6 Å². The van der Waals surface area contributed by atoms with Gasteiger partial charge in [-0.15, -0.1) is 0 Å². The molecular formula is C13H15F4N. The number of benzene rings is 1. The molecular weight excluding hydrogens is 246 g/mol. The number of hydrogen-bond donors (Lipinski definition) is 1. The topological polar surface area (TPSA) is 12.0 Å². The van der Waals surface area contributed by atoms with Gasteiger partial charge < -0.3 is 5.32 Å². The molecule has 1 fully saturated rings. The highest BCUT2D eigenvalue weighted by Gasteiger charge is 2.38. The molecule has 2 unspecified atom stereocenters. The summed E-state index contributed by atoms with van der Waals surface area (Å²) in [6.45, 7) is 2.40. The van der Waals surface area contributed by atoms with Crippen molar-refractivity contribution in [3.63, 3.8) is 0 Å². The van der Waals surface area contributed by atoms with Gasteiger partial charge >= 0.3 is 6.18 Å². The quantitative estimate of drug-likeness (QED) is 0.806. The van der Waals surface area contributed by atoms with Crippen LogP contribution in [0, 0.1) is 5.92 Å². The van der Waals surface area contributed by atoms with Crippen molar-refractivity contribution >= 4 is 0 Å². The first-order valence-electron chi connectivity index (χ1n) is 5.85. The lowest BCUT2D eigenvalue weighted by Crippen LogP contribution is -2.29. The number of halogens is 4. The van der Waals surface area contributed by atoms with E-state index in [1.807, 2.05) is 0 Å². The third-order valence-corrected chi connectivity index (χ3v) is 3.48. The SMILES string of the molecule is CC1(F)CNCC1Cc1ccc(C(F)(F)F)cc1. The van der Waals surface area contributed by atoms with Gasteiger partial charge in [0, 0.05) is 19.0 Å². The number of rotatable bonds is 2. The van der Waals surface area contributed by atoms with E-state index < -0.39 is 17.4 Å². The molecule has 1 heterocycles. The highest BCUT2D eigenvalue weighted by molar-refractivity contribution is 5.25. The molecule has 2 rings (SSSR count). The van der Waals surface area contributed by atoms with Gasteiger partial charge in [-0.1, -0.05) is 12.1 Å². The normalized spacial score (nSPS) is 28.6. The van der Waals surface area contributed by atoms with Crippen LogP contribution in [0.15, 0.2) is 24.3 Å². The van der Waals surface area contributed by atoms with Crippen LogP contribution in [0.5, 0.6) is 0 Å². The van der Waals surface area contributed by atoms with Gasteiger partial charge in [-0.05, 0) is 31.0 Å². The van der Waals surface area contributed by atoms with Crippen molar-refractivity contribution in [2.24, 2.45) is 5.92 Å². The standard InChI is InChI=1S/C13H15F4N/c1-12(14)8-18-7-11(12)6-9-2-4-10(5-3-9)13(15,16)17/h2-5,11,18H,6-8H2,1H3. The second-order valence-corrected chi connectivity index (χ2v) is 5.00. The minimum atomic E-state index is -4.32. The summed E-state index contributed by atoms with van der Waals surface area (Å²) in [5.74, 6) is -0.186. The van der Waals surface area contributed by atoms with Gasteiger partial charge in [0.2, 0.25) is 0 Å². The number of nitrogens with one attached hydrogen (secondary N) is 1. The summed E-state index contributed by atoms with van der Waals surface area (Å²) >= 11 is 0. The first-order valence-corrected chi connectivity index (χ1v) is 5.85. The van der Waals surface area contributed by atoms with Crippen LogP contribution >= 0.6 is 0 Å². The van der Waals surface area contributed by atoms with Crippen LogP contribution in [-0.2, 0) is 12.6 Å². The molecule has 0 aliphatic carbocycles. The molecule has 1 saturated heterocycles. The lowest BCUT2D eigenvalue weighted by atomic mass is 9.88. The van der Waals surface area contributed by atoms with E-state index in [1.165, 1.54) is 19.1 Å². The van der Waals surface area contributed by atoms with Crippen molar-refractivity contribution in [2.75, 3.05) is 13.1 Å². The Bertz CT molecular complexity index is 408. The monoisotopic (exact) mass is 261 g/mol. The molecule has 0 saturated carbocycles. The molecule has 18 heavy (non-hydrogen) atoms. The zero-order chi connectivity index (χ0) is 13.4. The Balaban J connectivity index is 2.07. The zero-order valence-corrected chi connectivity index (χ0v) is 10.0. The predicted octanol–water partition coefficient (Wildman–Crippen LogP) is 3.20. The largest absolute Gasteiger partial charge is 0.416 e. The van der Waals surface area contributed by atoms with E-state index in [-0.39, 0.29) is 5.92 Å². The minimum Gasteiger partial charge on any atom is -0.313 e. The molecule has 100 valence electrons. The van der Waals surface area contributed by atoms with Crippen LogP contribution in [0.3, 0.4) is 0 Å². The lowest BCUT2D eigenvalue weighted by molar-refractivity contribution is -0.137. The van der Waals surface area contributed by atoms with E-state index in [0.717, 1.165) is 17.7 Å². The van der Waals surface area contributed by atoms with Gasteiger partial charge in [0.05, 0.1) is 5.56 Å². The molecule has 0 aromatic heterocycles. The maximum Gasteiger partial charge on any atom is 0.416 e. The van der Waals surface area contributed by atoms with Crippen LogP contribution in [0.2, 0.25) is 0 Å². The molecule has 0 spiro atoms. The Morgan fingerprint density at radius 1 is 1.28 bits per heavy atom. The molecule has 1 N–H and O–H groups in total. The predicted molar refractivity (Wildman–Crippen MR) is 61.0 cm³/mol. The summed E-state index contributed by atoms with van der Waals surface area (Å²) in [6.07, 6.45) is -3.86. The summed E-state index contributed by atoms with van der Waals surface area (Å²) in [7, 11) is 0. The molecule has 1 aromatic carbocycles.